The van der Waals surface area contributed by atoms with Crippen LogP contribution in [0.4, 0.5) is 0 Å². The maximum absolute atomic E-state index is 7.15. The Balaban J connectivity index is 1.17. The van der Waals surface area contributed by atoms with Crippen LogP contribution in [0.25, 0.3) is 122 Å². The Morgan fingerprint density at radius 2 is 1.08 bits per heavy atom. The average molecular weight is 836 g/mol. The molecule has 14 rings (SSSR count). The highest BCUT2D eigenvalue weighted by Crippen LogP contribution is 2.51. The van der Waals surface area contributed by atoms with Crippen molar-refractivity contribution in [1.29, 1.82) is 0 Å². The summed E-state index contributed by atoms with van der Waals surface area (Å²) in [5, 5.41) is 8.59. The monoisotopic (exact) mass is 835 g/mol. The van der Waals surface area contributed by atoms with Gasteiger partial charge in [-0.05, 0) is 61.4 Å². The van der Waals surface area contributed by atoms with Crippen molar-refractivity contribution in [2.24, 2.45) is 0 Å². The summed E-state index contributed by atoms with van der Waals surface area (Å²) in [7, 11) is 0. The lowest BCUT2D eigenvalue weighted by Gasteiger charge is -2.17. The fourth-order valence-corrected chi connectivity index (χ4v) is 10.6. The van der Waals surface area contributed by atoms with E-state index in [9.17, 15) is 0 Å². The maximum Gasteiger partial charge on any atom is 0.164 e. The van der Waals surface area contributed by atoms with Gasteiger partial charge in [-0.3, -0.25) is 0 Å². The van der Waals surface area contributed by atoms with Gasteiger partial charge in [0.25, 0.3) is 0 Å². The molecule has 0 radical (unpaired) electrons. The van der Waals surface area contributed by atoms with Crippen molar-refractivity contribution < 1.29 is 8.83 Å². The molecule has 5 heterocycles. The number of furan rings is 2. The molecule has 1 unspecified atom stereocenters. The normalized spacial score (nSPS) is 14.2. The van der Waals surface area contributed by atoms with Crippen LogP contribution in [0, 0.1) is 6.92 Å². The first-order chi connectivity index (χ1) is 32.2. The quantitative estimate of drug-likeness (QED) is 0.173. The average Bonchev–Trinajstić information content (AvgIpc) is 4.13. The topological polar surface area (TPSA) is 74.8 Å². The Labute approximate surface area is 371 Å². The van der Waals surface area contributed by atoms with Crippen LogP contribution >= 0.6 is 0 Å². The first-order valence-electron chi connectivity index (χ1n) is 22.1. The maximum atomic E-state index is 7.15. The lowest BCUT2D eigenvalue weighted by atomic mass is 9.97. The van der Waals surface area contributed by atoms with Gasteiger partial charge in [-0.1, -0.05) is 146 Å². The highest BCUT2D eigenvalue weighted by atomic mass is 16.3. The number of fused-ring (bicyclic) bond motifs is 15. The highest BCUT2D eigenvalue weighted by molar-refractivity contribution is 6.39. The Morgan fingerprint density at radius 1 is 0.508 bits per heavy atom. The number of rotatable bonds is 5. The van der Waals surface area contributed by atoms with E-state index in [4.69, 9.17) is 23.8 Å². The fraction of sp³-hybridized carbons (Fsp3) is 0.0517. The summed E-state index contributed by atoms with van der Waals surface area (Å²) in [6, 6.07) is 57.4. The molecule has 1 aliphatic carbocycles. The first kappa shape index (κ1) is 36.0. The summed E-state index contributed by atoms with van der Waals surface area (Å²) in [6.07, 6.45) is 9.35. The number of hydrogen-bond donors (Lipinski definition) is 0. The predicted molar refractivity (Wildman–Crippen MR) is 264 cm³/mol. The first-order valence-corrected chi connectivity index (χ1v) is 22.1. The summed E-state index contributed by atoms with van der Waals surface area (Å²) < 4.78 is 19.1. The summed E-state index contributed by atoms with van der Waals surface area (Å²) in [4.78, 5) is 15.7. The number of hydrogen-bond acceptors (Lipinski definition) is 5. The van der Waals surface area contributed by atoms with Crippen molar-refractivity contribution in [2.75, 3.05) is 0 Å². The predicted octanol–water partition coefficient (Wildman–Crippen LogP) is 15.1. The van der Waals surface area contributed by atoms with E-state index in [1.165, 1.54) is 0 Å². The zero-order valence-corrected chi connectivity index (χ0v) is 35.2. The second-order valence-electron chi connectivity index (χ2n) is 17.0. The van der Waals surface area contributed by atoms with E-state index in [1.807, 2.05) is 24.3 Å². The van der Waals surface area contributed by atoms with Crippen LogP contribution in [-0.4, -0.2) is 24.1 Å². The number of allylic oxidation sites excluding steroid dienone is 4. The Morgan fingerprint density at radius 3 is 1.80 bits per heavy atom. The molecule has 5 aromatic heterocycles. The van der Waals surface area contributed by atoms with E-state index in [2.05, 4.69) is 180 Å². The van der Waals surface area contributed by atoms with Crippen LogP contribution in [0.15, 0.2) is 197 Å². The molecular weight excluding hydrogens is 799 g/mol. The molecule has 0 N–H and O–H groups in total. The molecule has 1 atom stereocenters. The van der Waals surface area contributed by atoms with Gasteiger partial charge in [-0.2, -0.15) is 0 Å². The van der Waals surface area contributed by atoms with Crippen molar-refractivity contribution in [1.82, 2.24) is 24.1 Å². The third kappa shape index (κ3) is 5.15. The van der Waals surface area contributed by atoms with Crippen molar-refractivity contribution in [3.8, 4) is 34.2 Å². The molecule has 7 nitrogen and oxygen atoms in total. The van der Waals surface area contributed by atoms with E-state index >= 15 is 0 Å². The molecule has 306 valence electrons. The molecule has 7 heteroatoms. The fourth-order valence-electron chi connectivity index (χ4n) is 10.6. The standard InChI is InChI=1S/C58H37N5O2/c1-34-33-44(54-48(40-27-13-17-31-45(40)64-54)47(34)58-60-56(35-19-5-2-6-20-35)59-57(61-58)36-21-7-3-8-22-36)63-43-30-16-12-26-39(43)50-53(63)49-38-25-11-15-29-42(38)62(37-23-9-4-10-24-37)52(49)51-41-28-14-18-32-46(41)65-55(50)51/h2-21,23-33,36H,22H2,1H3. The van der Waals surface area contributed by atoms with Gasteiger partial charge >= 0.3 is 0 Å². The van der Waals surface area contributed by atoms with Gasteiger partial charge in [-0.15, -0.1) is 0 Å². The molecule has 0 spiro atoms. The van der Waals surface area contributed by atoms with Crippen LogP contribution in [0.3, 0.4) is 0 Å². The van der Waals surface area contributed by atoms with E-state index in [0.29, 0.717) is 11.6 Å². The SMILES string of the molecule is Cc1cc(-n2c3ccccc3c3c4oc5ccccc5c4c4c(c5ccccc5n4-c4ccccc4)c32)c2oc3ccccc3c2c1-c1nc(-c2ccccc2)nc(C2C=CC=CC2)n1. The zero-order chi connectivity index (χ0) is 42.8. The van der Waals surface area contributed by atoms with Gasteiger partial charge in [0, 0.05) is 55.0 Å². The largest absolute Gasteiger partial charge is 0.455 e. The van der Waals surface area contributed by atoms with Crippen LogP contribution in [0.2, 0.25) is 0 Å². The molecule has 1 aliphatic rings. The van der Waals surface area contributed by atoms with E-state index in [1.54, 1.807) is 0 Å². The molecule has 0 fully saturated rings. The Hall–Kier alpha value is -8.55. The number of aryl methyl sites for hydroxylation is 1. The minimum absolute atomic E-state index is 0.0217. The second kappa shape index (κ2) is 13.7. The summed E-state index contributed by atoms with van der Waals surface area (Å²) in [5.41, 5.74) is 12.5. The van der Waals surface area contributed by atoms with E-state index in [-0.39, 0.29) is 5.92 Å². The molecular formula is C58H37N5O2. The smallest absolute Gasteiger partial charge is 0.164 e. The highest BCUT2D eigenvalue weighted by Gasteiger charge is 2.30. The van der Waals surface area contributed by atoms with Crippen LogP contribution in [0.1, 0.15) is 23.7 Å². The molecule has 0 saturated carbocycles. The molecule has 0 aliphatic heterocycles. The van der Waals surface area contributed by atoms with Gasteiger partial charge in [0.15, 0.2) is 17.2 Å². The third-order valence-corrected chi connectivity index (χ3v) is 13.3. The number of aromatic nitrogens is 5. The summed E-state index contributed by atoms with van der Waals surface area (Å²) in [5.74, 6) is 2.03. The third-order valence-electron chi connectivity index (χ3n) is 13.3. The van der Waals surface area contributed by atoms with Gasteiger partial charge in [-0.25, -0.2) is 15.0 Å². The van der Waals surface area contributed by atoms with Crippen LogP contribution in [-0.2, 0) is 0 Å². The summed E-state index contributed by atoms with van der Waals surface area (Å²) >= 11 is 0. The lowest BCUT2D eigenvalue weighted by Crippen LogP contribution is -2.08. The number of para-hydroxylation sites is 5. The number of nitrogens with zero attached hydrogens (tertiary/aromatic N) is 5. The number of benzene rings is 8. The van der Waals surface area contributed by atoms with E-state index < -0.39 is 0 Å². The minimum Gasteiger partial charge on any atom is -0.455 e. The van der Waals surface area contributed by atoms with Gasteiger partial charge in [0.1, 0.15) is 22.6 Å². The molecule has 0 amide bonds. The molecule has 13 aromatic rings. The zero-order valence-electron chi connectivity index (χ0n) is 35.2. The van der Waals surface area contributed by atoms with Crippen LogP contribution in [0.5, 0.6) is 0 Å². The van der Waals surface area contributed by atoms with Gasteiger partial charge < -0.3 is 18.0 Å². The van der Waals surface area contributed by atoms with Crippen LogP contribution < -0.4 is 0 Å². The second-order valence-corrected chi connectivity index (χ2v) is 17.0. The van der Waals surface area contributed by atoms with Crippen molar-refractivity contribution >= 4 is 87.5 Å². The molecule has 8 aromatic carbocycles. The summed E-state index contributed by atoms with van der Waals surface area (Å²) in [6.45, 7) is 2.18. The molecule has 65 heavy (non-hydrogen) atoms. The Kier molecular flexibility index (Phi) is 7.60. The van der Waals surface area contributed by atoms with Crippen molar-refractivity contribution in [3.63, 3.8) is 0 Å². The lowest BCUT2D eigenvalue weighted by molar-refractivity contribution is 0.666. The van der Waals surface area contributed by atoms with E-state index in [0.717, 1.165) is 128 Å². The van der Waals surface area contributed by atoms with Gasteiger partial charge in [0.2, 0.25) is 0 Å². The molecule has 0 bridgehead atoms. The van der Waals surface area contributed by atoms with Gasteiger partial charge in [0.05, 0.1) is 38.5 Å². The van der Waals surface area contributed by atoms with Crippen molar-refractivity contribution in [3.05, 3.63) is 199 Å². The van der Waals surface area contributed by atoms with Crippen molar-refractivity contribution in [2.45, 2.75) is 19.3 Å². The molecule has 0 saturated heterocycles. The Bertz CT molecular complexity index is 4170. The minimum atomic E-state index is 0.0217.